The molecule has 3 aliphatic carbocycles. The molecule has 0 aliphatic heterocycles. The Kier molecular flexibility index (Phi) is 6.69. The molecule has 3 fully saturated rings. The fourth-order valence-electron chi connectivity index (χ4n) is 6.25. The van der Waals surface area contributed by atoms with Gasteiger partial charge < -0.3 is 4.74 Å². The van der Waals surface area contributed by atoms with Crippen molar-refractivity contribution in [2.45, 2.75) is 83.5 Å². The molecule has 1 aromatic rings. The van der Waals surface area contributed by atoms with Gasteiger partial charge in [0.05, 0.1) is 5.92 Å². The molecule has 0 heterocycles. The Morgan fingerprint density at radius 1 is 0.750 bits per heavy atom. The molecule has 3 aliphatic rings. The Labute approximate surface area is 169 Å². The predicted molar refractivity (Wildman–Crippen MR) is 110 cm³/mol. The second-order valence-electron chi connectivity index (χ2n) is 9.56. The van der Waals surface area contributed by atoms with Crippen LogP contribution in [0.2, 0.25) is 0 Å². The number of ether oxygens (including phenoxy) is 1. The summed E-state index contributed by atoms with van der Waals surface area (Å²) in [7, 11) is 0. The van der Waals surface area contributed by atoms with Crippen LogP contribution in [0.4, 0.5) is 4.39 Å². The molecule has 0 aromatic heterocycles. The van der Waals surface area contributed by atoms with E-state index in [1.54, 1.807) is 12.1 Å². The van der Waals surface area contributed by atoms with Crippen molar-refractivity contribution >= 4 is 5.97 Å². The molecule has 0 N–H and O–H groups in total. The third-order valence-corrected chi connectivity index (χ3v) is 7.92. The molecule has 0 unspecified atom stereocenters. The lowest BCUT2D eigenvalue weighted by Gasteiger charge is -2.40. The number of hydrogen-bond donors (Lipinski definition) is 0. The number of esters is 1. The van der Waals surface area contributed by atoms with E-state index in [-0.39, 0.29) is 17.7 Å². The van der Waals surface area contributed by atoms with Crippen molar-refractivity contribution in [1.29, 1.82) is 0 Å². The smallest absolute Gasteiger partial charge is 0.314 e. The van der Waals surface area contributed by atoms with E-state index >= 15 is 0 Å². The van der Waals surface area contributed by atoms with Crippen LogP contribution in [0, 0.1) is 35.4 Å². The van der Waals surface area contributed by atoms with Gasteiger partial charge in [-0.15, -0.1) is 0 Å². The second kappa shape index (κ2) is 9.41. The molecule has 0 amide bonds. The Morgan fingerprint density at radius 2 is 1.29 bits per heavy atom. The first kappa shape index (κ1) is 19.9. The van der Waals surface area contributed by atoms with Gasteiger partial charge in [-0.1, -0.05) is 38.2 Å². The minimum absolute atomic E-state index is 0.0157. The van der Waals surface area contributed by atoms with Gasteiger partial charge in [-0.3, -0.25) is 4.79 Å². The monoisotopic (exact) mass is 386 g/mol. The number of hydrogen-bond acceptors (Lipinski definition) is 2. The first-order valence-electron chi connectivity index (χ1n) is 11.7. The Hall–Kier alpha value is -1.38. The van der Waals surface area contributed by atoms with E-state index in [0.29, 0.717) is 5.75 Å². The number of halogens is 1. The number of benzene rings is 1. The van der Waals surface area contributed by atoms with Crippen LogP contribution < -0.4 is 4.74 Å². The van der Waals surface area contributed by atoms with Crippen LogP contribution in [0.1, 0.15) is 83.5 Å². The first-order chi connectivity index (χ1) is 13.7. The standard InChI is InChI=1S/C25H35FO2/c26-23-7-4-8-24(17-23)28-25(27)22-15-13-21(14-16-22)20-11-9-19(10-12-20)18-5-2-1-3-6-18/h4,7-8,17-22H,1-3,5-6,9-16H2. The molecule has 0 saturated heterocycles. The van der Waals surface area contributed by atoms with E-state index in [9.17, 15) is 9.18 Å². The zero-order valence-corrected chi connectivity index (χ0v) is 17.1. The van der Waals surface area contributed by atoms with Gasteiger partial charge in [0.15, 0.2) is 0 Å². The van der Waals surface area contributed by atoms with Gasteiger partial charge in [0.2, 0.25) is 0 Å². The molecule has 0 bridgehead atoms. The van der Waals surface area contributed by atoms with Crippen LogP contribution in [-0.2, 0) is 4.79 Å². The highest BCUT2D eigenvalue weighted by Crippen LogP contribution is 2.45. The molecular weight excluding hydrogens is 351 g/mol. The molecule has 2 nitrogen and oxygen atoms in total. The molecule has 154 valence electrons. The van der Waals surface area contributed by atoms with Crippen molar-refractivity contribution in [1.82, 2.24) is 0 Å². The highest BCUT2D eigenvalue weighted by atomic mass is 19.1. The lowest BCUT2D eigenvalue weighted by Crippen LogP contribution is -2.31. The topological polar surface area (TPSA) is 26.3 Å². The van der Waals surface area contributed by atoms with Crippen LogP contribution in [0.25, 0.3) is 0 Å². The summed E-state index contributed by atoms with van der Waals surface area (Å²) in [4.78, 5) is 12.4. The van der Waals surface area contributed by atoms with Crippen molar-refractivity contribution < 1.29 is 13.9 Å². The molecular formula is C25H35FO2. The summed E-state index contributed by atoms with van der Waals surface area (Å²) < 4.78 is 18.7. The van der Waals surface area contributed by atoms with Gasteiger partial charge in [-0.2, -0.15) is 0 Å². The summed E-state index contributed by atoms with van der Waals surface area (Å²) in [5, 5.41) is 0. The lowest BCUT2D eigenvalue weighted by molar-refractivity contribution is -0.140. The second-order valence-corrected chi connectivity index (χ2v) is 9.56. The molecule has 4 rings (SSSR count). The minimum atomic E-state index is -0.363. The van der Waals surface area contributed by atoms with Crippen molar-refractivity contribution in [3.8, 4) is 5.75 Å². The highest BCUT2D eigenvalue weighted by molar-refractivity contribution is 5.75. The number of carbonyl (C=O) groups is 1. The molecule has 0 atom stereocenters. The first-order valence-corrected chi connectivity index (χ1v) is 11.7. The van der Waals surface area contributed by atoms with Crippen molar-refractivity contribution in [3.63, 3.8) is 0 Å². The van der Waals surface area contributed by atoms with E-state index in [4.69, 9.17) is 4.74 Å². The third kappa shape index (κ3) is 4.96. The maximum Gasteiger partial charge on any atom is 0.314 e. The van der Waals surface area contributed by atoms with Gasteiger partial charge in [0, 0.05) is 6.07 Å². The summed E-state index contributed by atoms with van der Waals surface area (Å²) in [5.74, 6) is 3.46. The fourth-order valence-corrected chi connectivity index (χ4v) is 6.25. The van der Waals surface area contributed by atoms with Gasteiger partial charge in [0.25, 0.3) is 0 Å². The molecule has 1 aromatic carbocycles. The Bertz CT molecular complexity index is 636. The zero-order valence-electron chi connectivity index (χ0n) is 17.1. The average Bonchev–Trinajstić information content (AvgIpc) is 2.75. The Morgan fingerprint density at radius 3 is 1.86 bits per heavy atom. The summed E-state index contributed by atoms with van der Waals surface area (Å²) in [5.41, 5.74) is 0. The SMILES string of the molecule is O=C(Oc1cccc(F)c1)C1CCC(C2CCC(C3CCCCC3)CC2)CC1. The van der Waals surface area contributed by atoms with Crippen LogP contribution in [0.3, 0.4) is 0 Å². The molecule has 3 heteroatoms. The van der Waals surface area contributed by atoms with Gasteiger partial charge >= 0.3 is 5.97 Å². The van der Waals surface area contributed by atoms with Crippen LogP contribution in [0.15, 0.2) is 24.3 Å². The van der Waals surface area contributed by atoms with Gasteiger partial charge in [-0.25, -0.2) is 4.39 Å². The Balaban J connectivity index is 1.20. The summed E-state index contributed by atoms with van der Waals surface area (Å²) >= 11 is 0. The molecule has 0 spiro atoms. The van der Waals surface area contributed by atoms with E-state index < -0.39 is 0 Å². The number of rotatable bonds is 4. The maximum absolute atomic E-state index is 13.3. The van der Waals surface area contributed by atoms with Crippen molar-refractivity contribution in [3.05, 3.63) is 30.1 Å². The fraction of sp³-hybridized carbons (Fsp3) is 0.720. The van der Waals surface area contributed by atoms with Crippen LogP contribution in [0.5, 0.6) is 5.75 Å². The van der Waals surface area contributed by atoms with E-state index in [1.165, 1.54) is 69.9 Å². The highest BCUT2D eigenvalue weighted by Gasteiger charge is 2.35. The maximum atomic E-state index is 13.3. The summed E-state index contributed by atoms with van der Waals surface area (Å²) in [6.45, 7) is 0. The van der Waals surface area contributed by atoms with Crippen LogP contribution >= 0.6 is 0 Å². The zero-order chi connectivity index (χ0) is 19.3. The predicted octanol–water partition coefficient (Wildman–Crippen LogP) is 6.92. The van der Waals surface area contributed by atoms with Crippen LogP contribution in [-0.4, -0.2) is 5.97 Å². The lowest BCUT2D eigenvalue weighted by atomic mass is 9.66. The average molecular weight is 387 g/mol. The molecule has 3 saturated carbocycles. The van der Waals surface area contributed by atoms with E-state index in [0.717, 1.165) is 49.4 Å². The summed E-state index contributed by atoms with van der Waals surface area (Å²) in [6, 6.07) is 5.88. The van der Waals surface area contributed by atoms with Crippen molar-refractivity contribution in [2.24, 2.45) is 29.6 Å². The van der Waals surface area contributed by atoms with E-state index in [1.807, 2.05) is 0 Å². The van der Waals surface area contributed by atoms with Gasteiger partial charge in [-0.05, 0) is 87.2 Å². The minimum Gasteiger partial charge on any atom is -0.426 e. The third-order valence-electron chi connectivity index (χ3n) is 7.92. The summed E-state index contributed by atoms with van der Waals surface area (Å²) in [6.07, 6.45) is 17.2. The normalized spacial score (nSPS) is 32.0. The van der Waals surface area contributed by atoms with Crippen molar-refractivity contribution in [2.75, 3.05) is 0 Å². The molecule has 28 heavy (non-hydrogen) atoms. The quantitative estimate of drug-likeness (QED) is 0.414. The van der Waals surface area contributed by atoms with E-state index in [2.05, 4.69) is 0 Å². The molecule has 0 radical (unpaired) electrons. The number of carbonyl (C=O) groups excluding carboxylic acids is 1. The van der Waals surface area contributed by atoms with Gasteiger partial charge in [0.1, 0.15) is 11.6 Å². The largest absolute Gasteiger partial charge is 0.426 e.